The Morgan fingerprint density at radius 1 is 1.39 bits per heavy atom. The molecule has 0 fully saturated rings. The Bertz CT molecular complexity index is 603. The molecule has 2 heterocycles. The summed E-state index contributed by atoms with van der Waals surface area (Å²) in [6, 6.07) is 1.61. The third-order valence-corrected chi connectivity index (χ3v) is 2.61. The van der Waals surface area contributed by atoms with Gasteiger partial charge >= 0.3 is 0 Å². The monoisotopic (exact) mass is 245 g/mol. The van der Waals surface area contributed by atoms with Crippen molar-refractivity contribution in [3.63, 3.8) is 0 Å². The molecular formula is C12H15N5O. The molecule has 0 spiro atoms. The van der Waals surface area contributed by atoms with Gasteiger partial charge in [-0.3, -0.25) is 14.5 Å². The van der Waals surface area contributed by atoms with Crippen molar-refractivity contribution in [3.05, 3.63) is 35.4 Å². The lowest BCUT2D eigenvalue weighted by Crippen LogP contribution is -2.14. The van der Waals surface area contributed by atoms with Crippen molar-refractivity contribution in [3.8, 4) is 0 Å². The molecule has 18 heavy (non-hydrogen) atoms. The minimum atomic E-state index is -0.233. The molecule has 0 aliphatic carbocycles. The number of carbonyl (C=O) groups excluding carboxylic acids is 1. The number of anilines is 2. The van der Waals surface area contributed by atoms with E-state index in [1.54, 1.807) is 30.9 Å². The Labute approximate surface area is 105 Å². The largest absolute Gasteiger partial charge is 0.397 e. The summed E-state index contributed by atoms with van der Waals surface area (Å²) in [4.78, 5) is 16.2. The first-order chi connectivity index (χ1) is 8.47. The molecule has 94 valence electrons. The fraction of sp³-hybridized carbons (Fsp3) is 0.250. The zero-order chi connectivity index (χ0) is 13.3. The Hall–Kier alpha value is -2.37. The van der Waals surface area contributed by atoms with Gasteiger partial charge in [0.1, 0.15) is 0 Å². The van der Waals surface area contributed by atoms with Crippen LogP contribution in [0.15, 0.2) is 18.5 Å². The smallest absolute Gasteiger partial charge is 0.257 e. The van der Waals surface area contributed by atoms with E-state index >= 15 is 0 Å². The summed E-state index contributed by atoms with van der Waals surface area (Å²) in [5.41, 5.74) is 8.66. The van der Waals surface area contributed by atoms with Crippen molar-refractivity contribution in [1.82, 2.24) is 14.8 Å². The standard InChI is InChI=1S/C12H15N5O/c1-7-10(4-9(13)5-14-7)12(18)15-11-6-17(3)16-8(11)2/h4-6H,13H2,1-3H3,(H,15,18). The molecule has 0 saturated heterocycles. The molecule has 2 aromatic rings. The predicted octanol–water partition coefficient (Wildman–Crippen LogP) is 1.27. The molecule has 0 bridgehead atoms. The average Bonchev–Trinajstić information content (AvgIpc) is 2.61. The van der Waals surface area contributed by atoms with E-state index in [0.29, 0.717) is 22.6 Å². The van der Waals surface area contributed by atoms with E-state index in [2.05, 4.69) is 15.4 Å². The molecule has 0 saturated carbocycles. The van der Waals surface area contributed by atoms with Crippen LogP contribution in [0.5, 0.6) is 0 Å². The van der Waals surface area contributed by atoms with E-state index in [1.165, 1.54) is 6.20 Å². The lowest BCUT2D eigenvalue weighted by Gasteiger charge is -2.06. The number of aromatic nitrogens is 3. The number of pyridine rings is 1. The van der Waals surface area contributed by atoms with Crippen LogP contribution in [0, 0.1) is 13.8 Å². The van der Waals surface area contributed by atoms with Crippen LogP contribution in [0.3, 0.4) is 0 Å². The van der Waals surface area contributed by atoms with Gasteiger partial charge in [-0.15, -0.1) is 0 Å². The van der Waals surface area contributed by atoms with Crippen LogP contribution in [-0.4, -0.2) is 20.7 Å². The first kappa shape index (κ1) is 12.1. The van der Waals surface area contributed by atoms with Gasteiger partial charge in [-0.1, -0.05) is 0 Å². The number of hydrogen-bond donors (Lipinski definition) is 2. The minimum Gasteiger partial charge on any atom is -0.397 e. The van der Waals surface area contributed by atoms with Crippen LogP contribution in [0.2, 0.25) is 0 Å². The Morgan fingerprint density at radius 2 is 2.11 bits per heavy atom. The van der Waals surface area contributed by atoms with Crippen LogP contribution in [0.4, 0.5) is 11.4 Å². The molecule has 2 rings (SSSR count). The van der Waals surface area contributed by atoms with Gasteiger partial charge in [-0.2, -0.15) is 5.10 Å². The third kappa shape index (κ3) is 2.32. The molecule has 0 radical (unpaired) electrons. The van der Waals surface area contributed by atoms with E-state index < -0.39 is 0 Å². The summed E-state index contributed by atoms with van der Waals surface area (Å²) < 4.78 is 1.65. The maximum Gasteiger partial charge on any atom is 0.257 e. The topological polar surface area (TPSA) is 85.8 Å². The van der Waals surface area contributed by atoms with E-state index in [4.69, 9.17) is 5.73 Å². The number of carbonyl (C=O) groups is 1. The summed E-state index contributed by atoms with van der Waals surface area (Å²) in [5.74, 6) is -0.233. The molecule has 6 nitrogen and oxygen atoms in total. The average molecular weight is 245 g/mol. The predicted molar refractivity (Wildman–Crippen MR) is 69.3 cm³/mol. The van der Waals surface area contributed by atoms with Gasteiger partial charge in [0.2, 0.25) is 0 Å². The number of hydrogen-bond acceptors (Lipinski definition) is 4. The molecule has 0 aliphatic rings. The Kier molecular flexibility index (Phi) is 3.01. The summed E-state index contributed by atoms with van der Waals surface area (Å²) >= 11 is 0. The maximum absolute atomic E-state index is 12.1. The molecule has 1 amide bonds. The van der Waals surface area contributed by atoms with Crippen LogP contribution >= 0.6 is 0 Å². The highest BCUT2D eigenvalue weighted by molar-refractivity contribution is 6.05. The van der Waals surface area contributed by atoms with Crippen LogP contribution < -0.4 is 11.1 Å². The highest BCUT2D eigenvalue weighted by atomic mass is 16.1. The second-order valence-corrected chi connectivity index (χ2v) is 4.16. The third-order valence-electron chi connectivity index (χ3n) is 2.61. The molecule has 2 aromatic heterocycles. The second-order valence-electron chi connectivity index (χ2n) is 4.16. The number of amides is 1. The molecule has 0 atom stereocenters. The number of nitrogen functional groups attached to an aromatic ring is 1. The Balaban J connectivity index is 2.27. The van der Waals surface area contributed by atoms with Crippen molar-refractivity contribution in [2.75, 3.05) is 11.1 Å². The van der Waals surface area contributed by atoms with E-state index in [-0.39, 0.29) is 5.91 Å². The van der Waals surface area contributed by atoms with Gasteiger partial charge in [0.05, 0.1) is 34.5 Å². The van der Waals surface area contributed by atoms with Gasteiger partial charge in [-0.05, 0) is 19.9 Å². The van der Waals surface area contributed by atoms with Crippen molar-refractivity contribution in [2.24, 2.45) is 7.05 Å². The summed E-state index contributed by atoms with van der Waals surface area (Å²) in [7, 11) is 1.80. The molecule has 3 N–H and O–H groups in total. The zero-order valence-electron chi connectivity index (χ0n) is 10.6. The van der Waals surface area contributed by atoms with Crippen LogP contribution in [-0.2, 0) is 7.05 Å². The molecule has 0 aliphatic heterocycles. The first-order valence-corrected chi connectivity index (χ1v) is 5.51. The van der Waals surface area contributed by atoms with Crippen molar-refractivity contribution >= 4 is 17.3 Å². The highest BCUT2D eigenvalue weighted by Gasteiger charge is 2.13. The van der Waals surface area contributed by atoms with Crippen molar-refractivity contribution in [1.29, 1.82) is 0 Å². The van der Waals surface area contributed by atoms with Crippen molar-refractivity contribution in [2.45, 2.75) is 13.8 Å². The Morgan fingerprint density at radius 3 is 2.72 bits per heavy atom. The van der Waals surface area contributed by atoms with Gasteiger partial charge in [0.25, 0.3) is 5.91 Å². The number of rotatable bonds is 2. The van der Waals surface area contributed by atoms with Crippen molar-refractivity contribution < 1.29 is 4.79 Å². The quantitative estimate of drug-likeness (QED) is 0.834. The number of nitrogens with two attached hydrogens (primary N) is 1. The molecule has 0 aromatic carbocycles. The second kappa shape index (κ2) is 4.48. The van der Waals surface area contributed by atoms with Crippen LogP contribution in [0.25, 0.3) is 0 Å². The van der Waals surface area contributed by atoms with Gasteiger partial charge in [0, 0.05) is 13.2 Å². The summed E-state index contributed by atoms with van der Waals surface area (Å²) in [5, 5.41) is 6.96. The summed E-state index contributed by atoms with van der Waals surface area (Å²) in [6.45, 7) is 3.60. The first-order valence-electron chi connectivity index (χ1n) is 5.51. The van der Waals surface area contributed by atoms with E-state index in [1.807, 2.05) is 6.92 Å². The highest BCUT2D eigenvalue weighted by Crippen LogP contribution is 2.15. The lowest BCUT2D eigenvalue weighted by molar-refractivity contribution is 0.102. The van der Waals surface area contributed by atoms with Gasteiger partial charge in [-0.25, -0.2) is 0 Å². The number of aryl methyl sites for hydroxylation is 3. The molecule has 0 unspecified atom stereocenters. The SMILES string of the molecule is Cc1nn(C)cc1NC(=O)c1cc(N)cnc1C. The van der Waals surface area contributed by atoms with E-state index in [9.17, 15) is 4.79 Å². The number of nitrogens with one attached hydrogen (secondary N) is 1. The maximum atomic E-state index is 12.1. The zero-order valence-corrected chi connectivity index (χ0v) is 10.6. The molecular weight excluding hydrogens is 230 g/mol. The fourth-order valence-electron chi connectivity index (χ4n) is 1.69. The lowest BCUT2D eigenvalue weighted by atomic mass is 10.2. The van der Waals surface area contributed by atoms with E-state index in [0.717, 1.165) is 5.69 Å². The van der Waals surface area contributed by atoms with Crippen LogP contribution in [0.1, 0.15) is 21.7 Å². The van der Waals surface area contributed by atoms with Gasteiger partial charge in [0.15, 0.2) is 0 Å². The minimum absolute atomic E-state index is 0.233. The normalized spacial score (nSPS) is 10.4. The fourth-order valence-corrected chi connectivity index (χ4v) is 1.69. The molecule has 6 heteroatoms. The number of nitrogens with zero attached hydrogens (tertiary/aromatic N) is 3. The summed E-state index contributed by atoms with van der Waals surface area (Å²) in [6.07, 6.45) is 3.28. The van der Waals surface area contributed by atoms with Gasteiger partial charge < -0.3 is 11.1 Å².